The second kappa shape index (κ2) is 2.94. The van der Waals surface area contributed by atoms with Crippen LogP contribution < -0.4 is 0 Å². The number of fused-ring (bicyclic) bond motifs is 1. The first-order chi connectivity index (χ1) is 6.65. The summed E-state index contributed by atoms with van der Waals surface area (Å²) in [5.41, 5.74) is 2.31. The van der Waals surface area contributed by atoms with E-state index in [1.165, 1.54) is 12.1 Å². The van der Waals surface area contributed by atoms with E-state index in [0.717, 1.165) is 17.5 Å². The zero-order chi connectivity index (χ0) is 10.3. The molecule has 0 atom stereocenters. The van der Waals surface area contributed by atoms with Gasteiger partial charge in [-0.15, -0.1) is 0 Å². The maximum absolute atomic E-state index is 13.0. The number of aryl methyl sites for hydroxylation is 1. The zero-order valence-corrected chi connectivity index (χ0v) is 8.04. The smallest absolute Gasteiger partial charge is 0.152 e. The Labute approximate surface area is 81.0 Å². The number of rotatable bonds is 1. The third-order valence-electron chi connectivity index (χ3n) is 2.62. The number of aromatic nitrogens is 1. The molecule has 2 nitrogen and oxygen atoms in total. The summed E-state index contributed by atoms with van der Waals surface area (Å²) in [6.45, 7) is 1.85. The van der Waals surface area contributed by atoms with Gasteiger partial charge in [-0.3, -0.25) is 4.79 Å². The van der Waals surface area contributed by atoms with Gasteiger partial charge in [0.1, 0.15) is 5.82 Å². The van der Waals surface area contributed by atoms with Crippen LogP contribution >= 0.6 is 0 Å². The van der Waals surface area contributed by atoms with E-state index in [-0.39, 0.29) is 5.82 Å². The largest absolute Gasteiger partial charge is 0.347 e. The Balaban J connectivity index is 2.96. The number of benzene rings is 1. The Morgan fingerprint density at radius 2 is 2.14 bits per heavy atom. The number of hydrogen-bond donors (Lipinski definition) is 0. The molecule has 0 amide bonds. The monoisotopic (exact) mass is 191 g/mol. The maximum atomic E-state index is 13.0. The Morgan fingerprint density at radius 3 is 2.79 bits per heavy atom. The van der Waals surface area contributed by atoms with Crippen LogP contribution in [0.4, 0.5) is 4.39 Å². The van der Waals surface area contributed by atoms with Gasteiger partial charge in [0.05, 0.1) is 0 Å². The van der Waals surface area contributed by atoms with Gasteiger partial charge in [0.25, 0.3) is 0 Å². The number of aldehydes is 1. The van der Waals surface area contributed by atoms with Gasteiger partial charge in [-0.2, -0.15) is 0 Å². The minimum Gasteiger partial charge on any atom is -0.347 e. The van der Waals surface area contributed by atoms with Gasteiger partial charge < -0.3 is 4.57 Å². The van der Waals surface area contributed by atoms with Crippen molar-refractivity contribution >= 4 is 17.2 Å². The predicted octanol–water partition coefficient (Wildman–Crippen LogP) is 2.44. The molecule has 0 saturated heterocycles. The highest BCUT2D eigenvalue weighted by atomic mass is 19.1. The molecule has 0 fully saturated rings. The van der Waals surface area contributed by atoms with Crippen LogP contribution in [0.5, 0.6) is 0 Å². The van der Waals surface area contributed by atoms with E-state index in [1.54, 1.807) is 6.07 Å². The lowest BCUT2D eigenvalue weighted by Crippen LogP contribution is -1.91. The topological polar surface area (TPSA) is 22.0 Å². The molecule has 0 radical (unpaired) electrons. The van der Waals surface area contributed by atoms with E-state index in [9.17, 15) is 9.18 Å². The fourth-order valence-corrected chi connectivity index (χ4v) is 1.72. The molecule has 2 rings (SSSR count). The average Bonchev–Trinajstić information content (AvgIpc) is 2.39. The molecule has 0 saturated carbocycles. The molecule has 0 N–H and O–H groups in total. The first kappa shape index (κ1) is 8.94. The van der Waals surface area contributed by atoms with Crippen molar-refractivity contribution in [2.75, 3.05) is 0 Å². The number of carbonyl (C=O) groups is 1. The van der Waals surface area contributed by atoms with Crippen molar-refractivity contribution in [3.8, 4) is 0 Å². The predicted molar refractivity (Wildman–Crippen MR) is 53.0 cm³/mol. The summed E-state index contributed by atoms with van der Waals surface area (Å²) in [7, 11) is 1.86. The Hall–Kier alpha value is -1.64. The zero-order valence-electron chi connectivity index (χ0n) is 8.04. The van der Waals surface area contributed by atoms with E-state index in [1.807, 2.05) is 18.5 Å². The molecule has 0 aliphatic carbocycles. The SMILES string of the molecule is Cc1c(C=O)c2cc(F)ccc2n1C. The van der Waals surface area contributed by atoms with Crippen LogP contribution in [-0.2, 0) is 7.05 Å². The van der Waals surface area contributed by atoms with E-state index in [4.69, 9.17) is 0 Å². The third-order valence-corrected chi connectivity index (χ3v) is 2.62. The second-order valence-electron chi connectivity index (χ2n) is 3.34. The molecular weight excluding hydrogens is 181 g/mol. The van der Waals surface area contributed by atoms with Crippen LogP contribution in [0.2, 0.25) is 0 Å². The van der Waals surface area contributed by atoms with E-state index in [0.29, 0.717) is 10.9 Å². The molecule has 2 aromatic rings. The second-order valence-corrected chi connectivity index (χ2v) is 3.34. The van der Waals surface area contributed by atoms with Crippen molar-refractivity contribution < 1.29 is 9.18 Å². The fourth-order valence-electron chi connectivity index (χ4n) is 1.72. The summed E-state index contributed by atoms with van der Waals surface area (Å²) in [5.74, 6) is -0.314. The first-order valence-corrected chi connectivity index (χ1v) is 4.35. The molecule has 0 bridgehead atoms. The molecule has 14 heavy (non-hydrogen) atoms. The summed E-state index contributed by atoms with van der Waals surface area (Å²) in [4.78, 5) is 10.8. The summed E-state index contributed by atoms with van der Waals surface area (Å²) in [6.07, 6.45) is 0.775. The van der Waals surface area contributed by atoms with E-state index in [2.05, 4.69) is 0 Å². The molecule has 1 heterocycles. The normalized spacial score (nSPS) is 10.8. The van der Waals surface area contributed by atoms with Crippen molar-refractivity contribution in [2.24, 2.45) is 7.05 Å². The van der Waals surface area contributed by atoms with Crippen LogP contribution in [-0.4, -0.2) is 10.9 Å². The fraction of sp³-hybridized carbons (Fsp3) is 0.182. The summed E-state index contributed by atoms with van der Waals surface area (Å²) < 4.78 is 14.9. The highest BCUT2D eigenvalue weighted by molar-refractivity contribution is 5.99. The number of halogens is 1. The van der Waals surface area contributed by atoms with Crippen LogP contribution in [0.3, 0.4) is 0 Å². The molecule has 0 unspecified atom stereocenters. The summed E-state index contributed by atoms with van der Waals surface area (Å²) in [6, 6.07) is 4.48. The van der Waals surface area contributed by atoms with Crippen molar-refractivity contribution in [3.05, 3.63) is 35.3 Å². The number of hydrogen-bond acceptors (Lipinski definition) is 1. The quantitative estimate of drug-likeness (QED) is 0.634. The molecule has 1 aromatic heterocycles. The Morgan fingerprint density at radius 1 is 1.43 bits per heavy atom. The highest BCUT2D eigenvalue weighted by Crippen LogP contribution is 2.23. The molecule has 0 aliphatic heterocycles. The van der Waals surface area contributed by atoms with Gasteiger partial charge in [-0.25, -0.2) is 4.39 Å². The third kappa shape index (κ3) is 1.05. The van der Waals surface area contributed by atoms with Gasteiger partial charge in [-0.1, -0.05) is 0 Å². The van der Waals surface area contributed by atoms with Crippen molar-refractivity contribution in [2.45, 2.75) is 6.92 Å². The standard InChI is InChI=1S/C11H10FNO/c1-7-10(6-14)9-5-8(12)3-4-11(9)13(7)2/h3-6H,1-2H3. The lowest BCUT2D eigenvalue weighted by atomic mass is 10.1. The van der Waals surface area contributed by atoms with Crippen molar-refractivity contribution in [1.29, 1.82) is 0 Å². The molecule has 1 aromatic carbocycles. The number of nitrogens with zero attached hydrogens (tertiary/aromatic N) is 1. The van der Waals surface area contributed by atoms with Crippen molar-refractivity contribution in [1.82, 2.24) is 4.57 Å². The minimum absolute atomic E-state index is 0.314. The Kier molecular flexibility index (Phi) is 1.88. The minimum atomic E-state index is -0.314. The van der Waals surface area contributed by atoms with E-state index < -0.39 is 0 Å². The summed E-state index contributed by atoms with van der Waals surface area (Å²) >= 11 is 0. The molecule has 72 valence electrons. The number of carbonyl (C=O) groups excluding carboxylic acids is 1. The molecule has 3 heteroatoms. The lowest BCUT2D eigenvalue weighted by Gasteiger charge is -1.97. The molecule has 0 spiro atoms. The van der Waals surface area contributed by atoms with Gasteiger partial charge in [0.15, 0.2) is 6.29 Å². The van der Waals surface area contributed by atoms with Gasteiger partial charge in [0.2, 0.25) is 0 Å². The maximum Gasteiger partial charge on any atom is 0.152 e. The van der Waals surface area contributed by atoms with Crippen LogP contribution in [0, 0.1) is 12.7 Å². The highest BCUT2D eigenvalue weighted by Gasteiger charge is 2.11. The average molecular weight is 191 g/mol. The van der Waals surface area contributed by atoms with Crippen LogP contribution in [0.1, 0.15) is 16.1 Å². The van der Waals surface area contributed by atoms with Crippen LogP contribution in [0.15, 0.2) is 18.2 Å². The van der Waals surface area contributed by atoms with Gasteiger partial charge in [-0.05, 0) is 25.1 Å². The Bertz CT molecular complexity index is 513. The first-order valence-electron chi connectivity index (χ1n) is 4.35. The van der Waals surface area contributed by atoms with Gasteiger partial charge >= 0.3 is 0 Å². The van der Waals surface area contributed by atoms with Crippen LogP contribution in [0.25, 0.3) is 10.9 Å². The molecular formula is C11H10FNO. The lowest BCUT2D eigenvalue weighted by molar-refractivity contribution is 0.112. The van der Waals surface area contributed by atoms with Gasteiger partial charge in [0, 0.05) is 29.2 Å². The van der Waals surface area contributed by atoms with Crippen molar-refractivity contribution in [3.63, 3.8) is 0 Å². The summed E-state index contributed by atoms with van der Waals surface area (Å²) in [5, 5.41) is 0.681. The molecule has 0 aliphatic rings. The van der Waals surface area contributed by atoms with E-state index >= 15 is 0 Å².